The summed E-state index contributed by atoms with van der Waals surface area (Å²) in [7, 11) is 0. The maximum absolute atomic E-state index is 11.5. The van der Waals surface area contributed by atoms with Gasteiger partial charge in [-0.05, 0) is 25.0 Å². The first-order chi connectivity index (χ1) is 8.01. The Kier molecular flexibility index (Phi) is 4.26. The molecule has 0 saturated carbocycles. The number of ketones is 1. The molecule has 0 fully saturated rings. The van der Waals surface area contributed by atoms with Crippen LogP contribution >= 0.6 is 0 Å². The van der Waals surface area contributed by atoms with Crippen molar-refractivity contribution in [3.05, 3.63) is 22.8 Å². The number of phenols is 2. The van der Waals surface area contributed by atoms with Gasteiger partial charge in [0.15, 0.2) is 6.29 Å². The molecule has 92 valence electrons. The van der Waals surface area contributed by atoms with E-state index in [9.17, 15) is 19.8 Å². The Balaban J connectivity index is 3.15. The molecule has 1 aromatic rings. The van der Waals surface area contributed by atoms with E-state index >= 15 is 0 Å². The van der Waals surface area contributed by atoms with E-state index in [2.05, 4.69) is 0 Å². The summed E-state index contributed by atoms with van der Waals surface area (Å²) in [6.07, 6.45) is 1.73. The molecular formula is C13H16O4. The average molecular weight is 236 g/mol. The lowest BCUT2D eigenvalue weighted by Gasteiger charge is -2.10. The second kappa shape index (κ2) is 5.48. The summed E-state index contributed by atoms with van der Waals surface area (Å²) >= 11 is 0. The number of aldehydes is 1. The first-order valence-electron chi connectivity index (χ1n) is 5.52. The Morgan fingerprint density at radius 3 is 2.59 bits per heavy atom. The van der Waals surface area contributed by atoms with E-state index in [0.717, 1.165) is 6.42 Å². The molecule has 0 saturated heterocycles. The molecule has 17 heavy (non-hydrogen) atoms. The van der Waals surface area contributed by atoms with Crippen molar-refractivity contribution in [2.75, 3.05) is 0 Å². The minimum atomic E-state index is -0.251. The fourth-order valence-electron chi connectivity index (χ4n) is 1.68. The van der Waals surface area contributed by atoms with Gasteiger partial charge in [0.2, 0.25) is 0 Å². The van der Waals surface area contributed by atoms with Crippen LogP contribution in [0.3, 0.4) is 0 Å². The third-order valence-corrected chi connectivity index (χ3v) is 2.69. The quantitative estimate of drug-likeness (QED) is 0.768. The van der Waals surface area contributed by atoms with Crippen molar-refractivity contribution in [1.29, 1.82) is 0 Å². The molecule has 0 aliphatic heterocycles. The van der Waals surface area contributed by atoms with Crippen LogP contribution in [-0.2, 0) is 11.2 Å². The summed E-state index contributed by atoms with van der Waals surface area (Å²) in [6, 6.07) is 1.37. The lowest BCUT2D eigenvalue weighted by Crippen LogP contribution is -2.05. The molecule has 0 aliphatic carbocycles. The topological polar surface area (TPSA) is 74.6 Å². The van der Waals surface area contributed by atoms with E-state index in [0.29, 0.717) is 18.3 Å². The largest absolute Gasteiger partial charge is 0.508 e. The lowest BCUT2D eigenvalue weighted by atomic mass is 9.97. The van der Waals surface area contributed by atoms with Crippen LogP contribution in [0.5, 0.6) is 11.5 Å². The Hall–Kier alpha value is -1.84. The van der Waals surface area contributed by atoms with Crippen LogP contribution in [-0.4, -0.2) is 22.3 Å². The van der Waals surface area contributed by atoms with Gasteiger partial charge in [0, 0.05) is 18.4 Å². The van der Waals surface area contributed by atoms with Crippen molar-refractivity contribution >= 4 is 12.1 Å². The second-order valence-electron chi connectivity index (χ2n) is 4.03. The van der Waals surface area contributed by atoms with Crippen LogP contribution < -0.4 is 0 Å². The minimum absolute atomic E-state index is 0.0155. The number of aromatic hydroxyl groups is 2. The first kappa shape index (κ1) is 13.2. The van der Waals surface area contributed by atoms with Crippen LogP contribution in [0.1, 0.15) is 41.3 Å². The molecule has 4 nitrogen and oxygen atoms in total. The van der Waals surface area contributed by atoms with Gasteiger partial charge < -0.3 is 10.2 Å². The minimum Gasteiger partial charge on any atom is -0.508 e. The maximum Gasteiger partial charge on any atom is 0.154 e. The Bertz CT molecular complexity index is 449. The fourth-order valence-corrected chi connectivity index (χ4v) is 1.68. The molecule has 0 radical (unpaired) electrons. The summed E-state index contributed by atoms with van der Waals surface area (Å²) < 4.78 is 0. The molecule has 0 aromatic heterocycles. The number of phenolic OH excluding ortho intramolecular Hbond substituents is 2. The van der Waals surface area contributed by atoms with Gasteiger partial charge >= 0.3 is 0 Å². The van der Waals surface area contributed by atoms with Crippen LogP contribution in [0.4, 0.5) is 0 Å². The normalized spacial score (nSPS) is 10.2. The third-order valence-electron chi connectivity index (χ3n) is 2.69. The number of hydrogen-bond donors (Lipinski definition) is 2. The van der Waals surface area contributed by atoms with Gasteiger partial charge in [-0.15, -0.1) is 0 Å². The van der Waals surface area contributed by atoms with Crippen molar-refractivity contribution < 1.29 is 19.8 Å². The Morgan fingerprint density at radius 1 is 1.41 bits per heavy atom. The summed E-state index contributed by atoms with van der Waals surface area (Å²) in [5.74, 6) is -0.370. The zero-order valence-corrected chi connectivity index (χ0v) is 9.99. The summed E-state index contributed by atoms with van der Waals surface area (Å²) in [5, 5.41) is 19.3. The summed E-state index contributed by atoms with van der Waals surface area (Å²) in [6.45, 7) is 3.40. The summed E-state index contributed by atoms with van der Waals surface area (Å²) in [5.41, 5.74) is 0.711. The van der Waals surface area contributed by atoms with Crippen molar-refractivity contribution in [1.82, 2.24) is 0 Å². The molecule has 1 rings (SSSR count). The second-order valence-corrected chi connectivity index (χ2v) is 4.03. The smallest absolute Gasteiger partial charge is 0.154 e. The molecule has 4 heteroatoms. The number of carbonyl (C=O) groups excluding carboxylic acids is 2. The van der Waals surface area contributed by atoms with Crippen LogP contribution in [0.25, 0.3) is 0 Å². The molecule has 0 spiro atoms. The predicted octanol–water partition coefficient (Wildman–Crippen LogP) is 2.13. The number of carbonyl (C=O) groups is 2. The highest BCUT2D eigenvalue weighted by Crippen LogP contribution is 2.32. The number of Topliss-reactive ketones (excluding diaryl/α,β-unsaturated/α-hetero) is 1. The number of rotatable bonds is 5. The number of hydrogen-bond acceptors (Lipinski definition) is 4. The van der Waals surface area contributed by atoms with E-state index < -0.39 is 0 Å². The van der Waals surface area contributed by atoms with Crippen LogP contribution in [0.2, 0.25) is 0 Å². The monoisotopic (exact) mass is 236 g/mol. The van der Waals surface area contributed by atoms with E-state index in [1.165, 1.54) is 13.0 Å². The average Bonchev–Trinajstić information content (AvgIpc) is 2.27. The van der Waals surface area contributed by atoms with Crippen molar-refractivity contribution in [3.63, 3.8) is 0 Å². The molecule has 1 aromatic carbocycles. The standard InChI is InChI=1S/C13H16O4/c1-3-4-10(15)5-9-6-12(16)8(2)13(17)11(9)7-14/h6-7,16-17H,3-5H2,1-2H3. The first-order valence-corrected chi connectivity index (χ1v) is 5.52. The Morgan fingerprint density at radius 2 is 2.06 bits per heavy atom. The van der Waals surface area contributed by atoms with Gasteiger partial charge in [-0.25, -0.2) is 0 Å². The zero-order chi connectivity index (χ0) is 13.0. The molecule has 0 bridgehead atoms. The highest BCUT2D eigenvalue weighted by atomic mass is 16.3. The third kappa shape index (κ3) is 2.84. The van der Waals surface area contributed by atoms with Gasteiger partial charge in [0.05, 0.1) is 5.56 Å². The van der Waals surface area contributed by atoms with Gasteiger partial charge in [-0.1, -0.05) is 6.92 Å². The zero-order valence-electron chi connectivity index (χ0n) is 9.99. The van der Waals surface area contributed by atoms with Gasteiger partial charge in [-0.3, -0.25) is 9.59 Å². The van der Waals surface area contributed by atoms with E-state index in [4.69, 9.17) is 0 Å². The molecule has 0 amide bonds. The maximum atomic E-state index is 11.5. The van der Waals surface area contributed by atoms with Gasteiger partial charge in [-0.2, -0.15) is 0 Å². The van der Waals surface area contributed by atoms with Gasteiger partial charge in [0.25, 0.3) is 0 Å². The Labute approximate surface area is 99.9 Å². The van der Waals surface area contributed by atoms with Gasteiger partial charge in [0.1, 0.15) is 17.3 Å². The van der Waals surface area contributed by atoms with Crippen molar-refractivity contribution in [2.24, 2.45) is 0 Å². The molecular weight excluding hydrogens is 220 g/mol. The van der Waals surface area contributed by atoms with Crippen LogP contribution in [0, 0.1) is 6.92 Å². The predicted molar refractivity (Wildman–Crippen MR) is 63.5 cm³/mol. The highest BCUT2D eigenvalue weighted by Gasteiger charge is 2.16. The summed E-state index contributed by atoms with van der Waals surface area (Å²) in [4.78, 5) is 22.4. The van der Waals surface area contributed by atoms with E-state index in [-0.39, 0.29) is 34.8 Å². The molecule has 0 atom stereocenters. The molecule has 0 unspecified atom stereocenters. The molecule has 2 N–H and O–H groups in total. The molecule has 0 aliphatic rings. The van der Waals surface area contributed by atoms with E-state index in [1.54, 1.807) is 0 Å². The van der Waals surface area contributed by atoms with Crippen molar-refractivity contribution in [2.45, 2.75) is 33.1 Å². The van der Waals surface area contributed by atoms with E-state index in [1.807, 2.05) is 6.92 Å². The fraction of sp³-hybridized carbons (Fsp3) is 0.385. The molecule has 0 heterocycles. The lowest BCUT2D eigenvalue weighted by molar-refractivity contribution is -0.118. The van der Waals surface area contributed by atoms with Crippen LogP contribution in [0.15, 0.2) is 6.07 Å². The number of benzene rings is 1. The SMILES string of the molecule is CCCC(=O)Cc1cc(O)c(C)c(O)c1C=O. The highest BCUT2D eigenvalue weighted by molar-refractivity contribution is 5.88. The van der Waals surface area contributed by atoms with Crippen molar-refractivity contribution in [3.8, 4) is 11.5 Å².